The maximum atomic E-state index is 5.83. The van der Waals surface area contributed by atoms with Gasteiger partial charge in [-0.25, -0.2) is 4.98 Å². The second kappa shape index (κ2) is 6.26. The molecule has 0 amide bonds. The summed E-state index contributed by atoms with van der Waals surface area (Å²) in [5.41, 5.74) is 9.71. The van der Waals surface area contributed by atoms with E-state index in [1.165, 1.54) is 11.3 Å². The molecule has 0 fully saturated rings. The van der Waals surface area contributed by atoms with E-state index in [1.54, 1.807) is 12.4 Å². The van der Waals surface area contributed by atoms with E-state index in [4.69, 9.17) is 10.3 Å². The van der Waals surface area contributed by atoms with Gasteiger partial charge < -0.3 is 10.3 Å². The van der Waals surface area contributed by atoms with E-state index in [0.717, 1.165) is 32.7 Å². The number of nitrogens with zero attached hydrogens (tertiary/aromatic N) is 5. The van der Waals surface area contributed by atoms with Crippen LogP contribution in [-0.2, 0) is 0 Å². The molecule has 4 aromatic heterocycles. The number of aromatic nitrogens is 5. The van der Waals surface area contributed by atoms with Crippen molar-refractivity contribution in [1.82, 2.24) is 25.1 Å². The molecule has 2 N–H and O–H groups in total. The maximum absolute atomic E-state index is 5.83. The fourth-order valence-electron chi connectivity index (χ4n) is 2.78. The fourth-order valence-corrected chi connectivity index (χ4v) is 3.54. The van der Waals surface area contributed by atoms with Crippen LogP contribution in [-0.4, -0.2) is 25.1 Å². The molecule has 27 heavy (non-hydrogen) atoms. The molecule has 130 valence electrons. The average Bonchev–Trinajstić information content (AvgIpc) is 3.34. The Morgan fingerprint density at radius 1 is 0.889 bits per heavy atom. The molecule has 0 saturated heterocycles. The van der Waals surface area contributed by atoms with Gasteiger partial charge in [-0.1, -0.05) is 28.6 Å². The van der Waals surface area contributed by atoms with Crippen LogP contribution in [0.4, 0.5) is 5.13 Å². The maximum Gasteiger partial charge on any atom is 0.259 e. The zero-order valence-electron chi connectivity index (χ0n) is 13.9. The van der Waals surface area contributed by atoms with Crippen LogP contribution in [0.1, 0.15) is 0 Å². The van der Waals surface area contributed by atoms with Crippen molar-refractivity contribution in [3.8, 4) is 34.2 Å². The fraction of sp³-hybridized carbons (Fsp3) is 0. The van der Waals surface area contributed by atoms with E-state index in [9.17, 15) is 0 Å². The number of fused-ring (bicyclic) bond motifs is 1. The number of hydrogen-bond donors (Lipinski definition) is 1. The first-order valence-electron chi connectivity index (χ1n) is 8.15. The molecule has 0 radical (unpaired) electrons. The molecule has 8 heteroatoms. The minimum atomic E-state index is 0.394. The van der Waals surface area contributed by atoms with Crippen molar-refractivity contribution in [2.24, 2.45) is 0 Å². The van der Waals surface area contributed by atoms with Gasteiger partial charge in [0, 0.05) is 12.4 Å². The Balaban J connectivity index is 1.50. The lowest BCUT2D eigenvalue weighted by atomic mass is 10.2. The molecule has 0 aliphatic rings. The molecule has 0 spiro atoms. The average molecular weight is 372 g/mol. The number of para-hydroxylation sites is 1. The normalized spacial score (nSPS) is 11.1. The largest absolute Gasteiger partial charge is 0.375 e. The standard InChI is InChI=1S/C19H12N6OS/c20-19-23-16-12(4-3-6-15(16)27-19)17-24-18(26-25-17)11-7-8-14(22-10-11)13-5-1-2-9-21-13/h1-10H,(H2,20,23). The van der Waals surface area contributed by atoms with E-state index < -0.39 is 0 Å². The summed E-state index contributed by atoms with van der Waals surface area (Å²) in [5, 5.41) is 4.61. The summed E-state index contributed by atoms with van der Waals surface area (Å²) in [7, 11) is 0. The lowest BCUT2D eigenvalue weighted by molar-refractivity contribution is 0.432. The van der Waals surface area contributed by atoms with Crippen LogP contribution in [0.5, 0.6) is 0 Å². The zero-order valence-corrected chi connectivity index (χ0v) is 14.7. The third-order valence-electron chi connectivity index (χ3n) is 4.04. The van der Waals surface area contributed by atoms with E-state index in [0.29, 0.717) is 16.8 Å². The molecule has 1 aromatic carbocycles. The van der Waals surface area contributed by atoms with Crippen molar-refractivity contribution in [2.45, 2.75) is 0 Å². The second-order valence-electron chi connectivity index (χ2n) is 5.77. The molecule has 7 nitrogen and oxygen atoms in total. The van der Waals surface area contributed by atoms with Gasteiger partial charge in [0.2, 0.25) is 5.82 Å². The molecule has 0 aliphatic heterocycles. The molecule has 0 unspecified atom stereocenters. The first-order valence-corrected chi connectivity index (χ1v) is 8.96. The van der Waals surface area contributed by atoms with Gasteiger partial charge in [0.05, 0.1) is 32.7 Å². The number of hydrogen-bond acceptors (Lipinski definition) is 8. The predicted octanol–water partition coefficient (Wildman–Crippen LogP) is 4.05. The minimum absolute atomic E-state index is 0.394. The van der Waals surface area contributed by atoms with E-state index in [-0.39, 0.29) is 0 Å². The van der Waals surface area contributed by atoms with Crippen LogP contribution in [0.25, 0.3) is 44.4 Å². The summed E-state index contributed by atoms with van der Waals surface area (Å²) in [4.78, 5) is 17.6. The Morgan fingerprint density at radius 2 is 1.81 bits per heavy atom. The number of thiazole rings is 1. The summed E-state index contributed by atoms with van der Waals surface area (Å²) in [6, 6.07) is 15.3. The number of nitrogens with two attached hydrogens (primary N) is 1. The summed E-state index contributed by atoms with van der Waals surface area (Å²) in [5.74, 6) is 0.861. The predicted molar refractivity (Wildman–Crippen MR) is 104 cm³/mol. The molecular weight excluding hydrogens is 360 g/mol. The molecule has 0 aliphatic carbocycles. The van der Waals surface area contributed by atoms with Gasteiger partial charge in [0.15, 0.2) is 5.13 Å². The Morgan fingerprint density at radius 3 is 2.63 bits per heavy atom. The smallest absolute Gasteiger partial charge is 0.259 e. The molecule has 5 aromatic rings. The SMILES string of the molecule is Nc1nc2c(-c3noc(-c4ccc(-c5ccccn5)nc4)n3)cccc2s1. The lowest BCUT2D eigenvalue weighted by Crippen LogP contribution is -1.88. The summed E-state index contributed by atoms with van der Waals surface area (Å²) in [6.07, 6.45) is 3.43. The van der Waals surface area contributed by atoms with Crippen LogP contribution < -0.4 is 5.73 Å². The Bertz CT molecular complexity index is 1230. The third-order valence-corrected chi connectivity index (χ3v) is 4.89. The highest BCUT2D eigenvalue weighted by Crippen LogP contribution is 2.32. The van der Waals surface area contributed by atoms with Crippen LogP contribution in [0, 0.1) is 0 Å². The monoisotopic (exact) mass is 372 g/mol. The van der Waals surface area contributed by atoms with E-state index in [2.05, 4.69) is 25.1 Å². The lowest BCUT2D eigenvalue weighted by Gasteiger charge is -1.99. The summed E-state index contributed by atoms with van der Waals surface area (Å²) in [6.45, 7) is 0. The van der Waals surface area contributed by atoms with Gasteiger partial charge in [0.25, 0.3) is 5.89 Å². The highest BCUT2D eigenvalue weighted by atomic mass is 32.1. The Labute approximate surface area is 157 Å². The molecule has 5 rings (SSSR count). The quantitative estimate of drug-likeness (QED) is 0.509. The number of pyridine rings is 2. The van der Waals surface area contributed by atoms with Gasteiger partial charge >= 0.3 is 0 Å². The number of anilines is 1. The number of nitrogen functional groups attached to an aromatic ring is 1. The van der Waals surface area contributed by atoms with Gasteiger partial charge in [0.1, 0.15) is 0 Å². The van der Waals surface area contributed by atoms with Crippen molar-refractivity contribution in [1.29, 1.82) is 0 Å². The van der Waals surface area contributed by atoms with Crippen LogP contribution in [0.3, 0.4) is 0 Å². The van der Waals surface area contributed by atoms with Gasteiger partial charge in [-0.15, -0.1) is 0 Å². The van der Waals surface area contributed by atoms with Gasteiger partial charge in [-0.2, -0.15) is 4.98 Å². The molecular formula is C19H12N6OS. The molecule has 4 heterocycles. The molecule has 0 saturated carbocycles. The highest BCUT2D eigenvalue weighted by molar-refractivity contribution is 7.22. The highest BCUT2D eigenvalue weighted by Gasteiger charge is 2.15. The summed E-state index contributed by atoms with van der Waals surface area (Å²) < 4.78 is 6.42. The van der Waals surface area contributed by atoms with Gasteiger partial charge in [-0.3, -0.25) is 9.97 Å². The van der Waals surface area contributed by atoms with E-state index >= 15 is 0 Å². The number of benzene rings is 1. The second-order valence-corrected chi connectivity index (χ2v) is 6.84. The van der Waals surface area contributed by atoms with Gasteiger partial charge in [-0.05, 0) is 36.4 Å². The molecule has 0 bridgehead atoms. The van der Waals surface area contributed by atoms with Crippen molar-refractivity contribution in [3.05, 3.63) is 60.9 Å². The summed E-state index contributed by atoms with van der Waals surface area (Å²) >= 11 is 1.43. The van der Waals surface area contributed by atoms with Crippen molar-refractivity contribution < 1.29 is 4.52 Å². The third kappa shape index (κ3) is 2.81. The van der Waals surface area contributed by atoms with Crippen molar-refractivity contribution in [2.75, 3.05) is 5.73 Å². The van der Waals surface area contributed by atoms with Crippen molar-refractivity contribution >= 4 is 26.7 Å². The topological polar surface area (TPSA) is 104 Å². The van der Waals surface area contributed by atoms with Crippen molar-refractivity contribution in [3.63, 3.8) is 0 Å². The van der Waals surface area contributed by atoms with Crippen LogP contribution in [0.2, 0.25) is 0 Å². The molecule has 0 atom stereocenters. The Hall–Kier alpha value is -3.65. The van der Waals surface area contributed by atoms with Crippen LogP contribution in [0.15, 0.2) is 65.4 Å². The minimum Gasteiger partial charge on any atom is -0.375 e. The first kappa shape index (κ1) is 15.6. The zero-order chi connectivity index (χ0) is 18.2. The number of rotatable bonds is 3. The van der Waals surface area contributed by atoms with Crippen LogP contribution >= 0.6 is 11.3 Å². The van der Waals surface area contributed by atoms with E-state index in [1.807, 2.05) is 48.5 Å². The Kier molecular flexibility index (Phi) is 3.61. The first-order chi connectivity index (χ1) is 13.3.